The molecule has 3 saturated carbocycles. The van der Waals surface area contributed by atoms with Gasteiger partial charge in [0.25, 0.3) is 0 Å². The van der Waals surface area contributed by atoms with Crippen LogP contribution in [0.4, 0.5) is 0 Å². The molecule has 29 heavy (non-hydrogen) atoms. The maximum absolute atomic E-state index is 11.6. The predicted octanol–water partition coefficient (Wildman–Crippen LogP) is 4.44. The van der Waals surface area contributed by atoms with Gasteiger partial charge in [0.2, 0.25) is 0 Å². The van der Waals surface area contributed by atoms with Crippen molar-refractivity contribution in [3.05, 3.63) is 12.2 Å². The van der Waals surface area contributed by atoms with Crippen molar-refractivity contribution in [3.63, 3.8) is 0 Å². The van der Waals surface area contributed by atoms with Gasteiger partial charge in [-0.25, -0.2) is 0 Å². The molecule has 4 aliphatic rings. The van der Waals surface area contributed by atoms with Gasteiger partial charge in [-0.1, -0.05) is 26.0 Å². The minimum absolute atomic E-state index is 0.0469. The first-order chi connectivity index (χ1) is 13.6. The molecule has 5 nitrogen and oxygen atoms in total. The van der Waals surface area contributed by atoms with Crippen LogP contribution in [0.1, 0.15) is 72.6 Å². The van der Waals surface area contributed by atoms with E-state index in [9.17, 15) is 9.59 Å². The summed E-state index contributed by atoms with van der Waals surface area (Å²) in [5.41, 5.74) is 1.47. The third-order valence-corrected chi connectivity index (χ3v) is 9.23. The zero-order valence-corrected chi connectivity index (χ0v) is 18.4. The fourth-order valence-corrected chi connectivity index (χ4v) is 7.35. The van der Waals surface area contributed by atoms with Gasteiger partial charge in [0.05, 0.1) is 18.8 Å². The molecule has 7 unspecified atom stereocenters. The average Bonchev–Trinajstić information content (AvgIpc) is 2.91. The Balaban J connectivity index is 1.59. The molecular weight excluding hydrogens is 368 g/mol. The molecule has 0 radical (unpaired) electrons. The molecule has 0 N–H and O–H groups in total. The molecule has 4 rings (SSSR count). The summed E-state index contributed by atoms with van der Waals surface area (Å²) in [6.07, 6.45) is 7.01. The normalized spacial score (nSPS) is 46.3. The van der Waals surface area contributed by atoms with Crippen LogP contribution in [0.15, 0.2) is 12.2 Å². The summed E-state index contributed by atoms with van der Waals surface area (Å²) >= 11 is 0. The highest BCUT2D eigenvalue weighted by atomic mass is 16.5. The van der Waals surface area contributed by atoms with Crippen molar-refractivity contribution in [2.45, 2.75) is 84.3 Å². The van der Waals surface area contributed by atoms with E-state index < -0.39 is 0 Å². The van der Waals surface area contributed by atoms with E-state index in [1.54, 1.807) is 0 Å². The van der Waals surface area contributed by atoms with E-state index in [0.29, 0.717) is 18.4 Å². The third kappa shape index (κ3) is 3.07. The smallest absolute Gasteiger partial charge is 0.302 e. The fraction of sp³-hybridized carbons (Fsp3) is 0.833. The fourth-order valence-electron chi connectivity index (χ4n) is 7.35. The van der Waals surface area contributed by atoms with Gasteiger partial charge in [-0.15, -0.1) is 0 Å². The van der Waals surface area contributed by atoms with E-state index in [0.717, 1.165) is 51.6 Å². The molecule has 0 amide bonds. The molecule has 1 heterocycles. The van der Waals surface area contributed by atoms with Crippen molar-refractivity contribution in [2.75, 3.05) is 13.2 Å². The van der Waals surface area contributed by atoms with Gasteiger partial charge in [-0.05, 0) is 56.3 Å². The molecule has 0 aromatic rings. The number of carbonyl (C=O) groups excluding carboxylic acids is 2. The summed E-state index contributed by atoms with van der Waals surface area (Å²) in [5, 5.41) is 0. The molecule has 0 bridgehead atoms. The highest BCUT2D eigenvalue weighted by Gasteiger charge is 2.69. The van der Waals surface area contributed by atoms with Crippen LogP contribution in [0.25, 0.3) is 0 Å². The minimum atomic E-state index is -0.242. The SMILES string of the molecule is C=C1CCC23OCC2C(C2(C)CCC(OC(C)=O)CC2COC(C)=O)CCC13C. The lowest BCUT2D eigenvalue weighted by molar-refractivity contribution is -0.298. The summed E-state index contributed by atoms with van der Waals surface area (Å²) in [4.78, 5) is 23.1. The van der Waals surface area contributed by atoms with Crippen LogP contribution in [-0.4, -0.2) is 36.9 Å². The van der Waals surface area contributed by atoms with Gasteiger partial charge in [-0.3, -0.25) is 9.59 Å². The van der Waals surface area contributed by atoms with E-state index >= 15 is 0 Å². The van der Waals surface area contributed by atoms with Gasteiger partial charge in [0.1, 0.15) is 6.10 Å². The highest BCUT2D eigenvalue weighted by molar-refractivity contribution is 5.66. The van der Waals surface area contributed by atoms with Gasteiger partial charge in [0, 0.05) is 31.1 Å². The van der Waals surface area contributed by atoms with Gasteiger partial charge in [0.15, 0.2) is 0 Å². The summed E-state index contributed by atoms with van der Waals surface area (Å²) in [7, 11) is 0. The van der Waals surface area contributed by atoms with Crippen LogP contribution < -0.4 is 0 Å². The molecule has 3 aliphatic carbocycles. The Morgan fingerprint density at radius 1 is 1.10 bits per heavy atom. The number of rotatable bonds is 4. The molecule has 1 spiro atoms. The quantitative estimate of drug-likeness (QED) is 0.512. The minimum Gasteiger partial charge on any atom is -0.466 e. The zero-order valence-electron chi connectivity index (χ0n) is 18.4. The molecule has 0 aromatic carbocycles. The Bertz CT molecular complexity index is 716. The number of hydrogen-bond donors (Lipinski definition) is 0. The summed E-state index contributed by atoms with van der Waals surface area (Å²) in [6.45, 7) is 13.3. The van der Waals surface area contributed by atoms with E-state index in [1.807, 2.05) is 0 Å². The van der Waals surface area contributed by atoms with Crippen LogP contribution in [0.2, 0.25) is 0 Å². The van der Waals surface area contributed by atoms with Gasteiger partial charge in [-0.2, -0.15) is 0 Å². The number of esters is 2. The van der Waals surface area contributed by atoms with Gasteiger partial charge >= 0.3 is 11.9 Å². The van der Waals surface area contributed by atoms with Gasteiger partial charge < -0.3 is 14.2 Å². The molecule has 1 saturated heterocycles. The Morgan fingerprint density at radius 3 is 2.48 bits per heavy atom. The Labute approximate surface area is 174 Å². The molecule has 1 aliphatic heterocycles. The topological polar surface area (TPSA) is 61.8 Å². The van der Waals surface area contributed by atoms with Crippen LogP contribution in [-0.2, 0) is 23.8 Å². The molecular formula is C24H36O5. The molecule has 162 valence electrons. The van der Waals surface area contributed by atoms with Crippen LogP contribution in [0.5, 0.6) is 0 Å². The number of carbonyl (C=O) groups is 2. The standard InChI is InChI=1S/C24H36O5/c1-15-6-11-24-21(14-28-24)20(8-10-23(15,24)5)22(4)9-7-19(29-17(3)26)12-18(22)13-27-16(2)25/h18-21H,1,6-14H2,2-5H3. The molecule has 7 atom stereocenters. The van der Waals surface area contributed by atoms with E-state index in [1.165, 1.54) is 19.4 Å². The number of ether oxygens (including phenoxy) is 3. The van der Waals surface area contributed by atoms with E-state index in [2.05, 4.69) is 20.4 Å². The molecule has 5 heteroatoms. The lowest BCUT2D eigenvalue weighted by Gasteiger charge is -2.66. The van der Waals surface area contributed by atoms with Crippen molar-refractivity contribution >= 4 is 11.9 Å². The van der Waals surface area contributed by atoms with Crippen LogP contribution >= 0.6 is 0 Å². The maximum atomic E-state index is 11.6. The first kappa shape index (κ1) is 20.9. The highest BCUT2D eigenvalue weighted by Crippen LogP contribution is 2.70. The predicted molar refractivity (Wildman–Crippen MR) is 109 cm³/mol. The van der Waals surface area contributed by atoms with Crippen molar-refractivity contribution in [1.29, 1.82) is 0 Å². The largest absolute Gasteiger partial charge is 0.466 e. The average molecular weight is 405 g/mol. The number of hydrogen-bond acceptors (Lipinski definition) is 5. The monoisotopic (exact) mass is 404 g/mol. The van der Waals surface area contributed by atoms with E-state index in [4.69, 9.17) is 14.2 Å². The van der Waals surface area contributed by atoms with Crippen molar-refractivity contribution < 1.29 is 23.8 Å². The lowest BCUT2D eigenvalue weighted by Crippen LogP contribution is -2.68. The Morgan fingerprint density at radius 2 is 1.86 bits per heavy atom. The Kier molecular flexibility index (Phi) is 5.12. The molecule has 4 fully saturated rings. The second kappa shape index (κ2) is 7.11. The summed E-state index contributed by atoms with van der Waals surface area (Å²) in [6, 6.07) is 0. The first-order valence-corrected chi connectivity index (χ1v) is 11.3. The second-order valence-corrected chi connectivity index (χ2v) is 10.4. The van der Waals surface area contributed by atoms with E-state index in [-0.39, 0.29) is 40.4 Å². The first-order valence-electron chi connectivity index (χ1n) is 11.3. The van der Waals surface area contributed by atoms with Crippen molar-refractivity contribution in [2.24, 2.45) is 28.6 Å². The summed E-state index contributed by atoms with van der Waals surface area (Å²) in [5.74, 6) is 0.800. The lowest BCUT2D eigenvalue weighted by atomic mass is 9.46. The van der Waals surface area contributed by atoms with Crippen LogP contribution in [0.3, 0.4) is 0 Å². The van der Waals surface area contributed by atoms with Crippen molar-refractivity contribution in [3.8, 4) is 0 Å². The second-order valence-electron chi connectivity index (χ2n) is 10.4. The zero-order chi connectivity index (χ0) is 21.0. The third-order valence-electron chi connectivity index (χ3n) is 9.23. The molecule has 0 aromatic heterocycles. The Hall–Kier alpha value is -1.36. The summed E-state index contributed by atoms with van der Waals surface area (Å²) < 4.78 is 17.4. The van der Waals surface area contributed by atoms with Crippen molar-refractivity contribution in [1.82, 2.24) is 0 Å². The maximum Gasteiger partial charge on any atom is 0.302 e. The van der Waals surface area contributed by atoms with Crippen LogP contribution in [0, 0.1) is 28.6 Å².